The van der Waals surface area contributed by atoms with Crippen LogP contribution in [0.5, 0.6) is 0 Å². The summed E-state index contributed by atoms with van der Waals surface area (Å²) < 4.78 is 0. The van der Waals surface area contributed by atoms with E-state index in [9.17, 15) is 0 Å². The standard InChI is InChI=1S/C18H26N2/c1-14(19-13-7-11-18(2,3)4)15-8-5-10-17-16(15)9-6-12-20-17/h5-6,8-10,12,14,19H,7,11,13H2,1-4H3. The molecular weight excluding hydrogens is 244 g/mol. The molecule has 0 aliphatic heterocycles. The van der Waals surface area contributed by atoms with E-state index >= 15 is 0 Å². The Morgan fingerprint density at radius 1 is 1.15 bits per heavy atom. The van der Waals surface area contributed by atoms with Crippen LogP contribution >= 0.6 is 0 Å². The second-order valence-corrected chi connectivity index (χ2v) is 6.76. The van der Waals surface area contributed by atoms with Crippen LogP contribution in [0.15, 0.2) is 36.5 Å². The predicted octanol–water partition coefficient (Wildman–Crippen LogP) is 4.71. The van der Waals surface area contributed by atoms with Gasteiger partial charge < -0.3 is 5.32 Å². The van der Waals surface area contributed by atoms with Crippen LogP contribution in [-0.2, 0) is 0 Å². The summed E-state index contributed by atoms with van der Waals surface area (Å²) in [5.74, 6) is 0. The molecule has 2 heteroatoms. The van der Waals surface area contributed by atoms with Crippen molar-refractivity contribution in [3.05, 3.63) is 42.1 Å². The van der Waals surface area contributed by atoms with Crippen LogP contribution in [0.4, 0.5) is 0 Å². The SMILES string of the molecule is CC(NCCCC(C)(C)C)c1cccc2ncccc12. The number of hydrogen-bond acceptors (Lipinski definition) is 2. The van der Waals surface area contributed by atoms with Gasteiger partial charge >= 0.3 is 0 Å². The second-order valence-electron chi connectivity index (χ2n) is 6.76. The molecule has 1 aromatic heterocycles. The van der Waals surface area contributed by atoms with Gasteiger partial charge in [0.05, 0.1) is 5.52 Å². The predicted molar refractivity (Wildman–Crippen MR) is 86.8 cm³/mol. The van der Waals surface area contributed by atoms with Crippen LogP contribution in [0.3, 0.4) is 0 Å². The fourth-order valence-corrected chi connectivity index (χ4v) is 2.55. The largest absolute Gasteiger partial charge is 0.310 e. The zero-order valence-electron chi connectivity index (χ0n) is 13.1. The molecule has 0 fully saturated rings. The van der Waals surface area contributed by atoms with Crippen molar-refractivity contribution in [3.63, 3.8) is 0 Å². The van der Waals surface area contributed by atoms with Crippen LogP contribution in [0.1, 0.15) is 52.1 Å². The molecule has 0 bridgehead atoms. The fraction of sp³-hybridized carbons (Fsp3) is 0.500. The molecule has 1 heterocycles. The van der Waals surface area contributed by atoms with Crippen LogP contribution in [0.2, 0.25) is 0 Å². The van der Waals surface area contributed by atoms with E-state index in [2.05, 4.69) is 62.3 Å². The Labute approximate surface area is 122 Å². The fourth-order valence-electron chi connectivity index (χ4n) is 2.55. The Balaban J connectivity index is 1.99. The molecule has 0 spiro atoms. The Morgan fingerprint density at radius 3 is 2.70 bits per heavy atom. The van der Waals surface area contributed by atoms with Crippen molar-refractivity contribution < 1.29 is 0 Å². The molecule has 2 rings (SSSR count). The Hall–Kier alpha value is -1.41. The highest BCUT2D eigenvalue weighted by molar-refractivity contribution is 5.82. The lowest BCUT2D eigenvalue weighted by Crippen LogP contribution is -2.21. The second kappa shape index (κ2) is 6.36. The van der Waals surface area contributed by atoms with E-state index in [1.165, 1.54) is 23.8 Å². The van der Waals surface area contributed by atoms with Crippen LogP contribution < -0.4 is 5.32 Å². The molecule has 20 heavy (non-hydrogen) atoms. The Kier molecular flexibility index (Phi) is 4.77. The minimum Gasteiger partial charge on any atom is -0.310 e. The van der Waals surface area contributed by atoms with Gasteiger partial charge in [0.15, 0.2) is 0 Å². The normalized spacial score (nSPS) is 13.6. The molecule has 0 aliphatic carbocycles. The topological polar surface area (TPSA) is 24.9 Å². The number of benzene rings is 1. The average Bonchev–Trinajstić information content (AvgIpc) is 2.41. The van der Waals surface area contributed by atoms with Crippen molar-refractivity contribution in [2.24, 2.45) is 5.41 Å². The van der Waals surface area contributed by atoms with Gasteiger partial charge in [-0.1, -0.05) is 39.0 Å². The monoisotopic (exact) mass is 270 g/mol. The minimum absolute atomic E-state index is 0.364. The van der Waals surface area contributed by atoms with E-state index < -0.39 is 0 Å². The lowest BCUT2D eigenvalue weighted by Gasteiger charge is -2.20. The molecule has 1 N–H and O–H groups in total. The molecular formula is C18H26N2. The average molecular weight is 270 g/mol. The third-order valence-electron chi connectivity index (χ3n) is 3.70. The van der Waals surface area contributed by atoms with Crippen molar-refractivity contribution in [1.82, 2.24) is 10.3 Å². The first-order valence-electron chi connectivity index (χ1n) is 7.54. The zero-order valence-corrected chi connectivity index (χ0v) is 13.1. The van der Waals surface area contributed by atoms with Gasteiger partial charge in [0.2, 0.25) is 0 Å². The smallest absolute Gasteiger partial charge is 0.0705 e. The number of nitrogens with zero attached hydrogens (tertiary/aromatic N) is 1. The van der Waals surface area contributed by atoms with Crippen molar-refractivity contribution >= 4 is 10.9 Å². The lowest BCUT2D eigenvalue weighted by molar-refractivity contribution is 0.357. The van der Waals surface area contributed by atoms with E-state index in [-0.39, 0.29) is 0 Å². The summed E-state index contributed by atoms with van der Waals surface area (Å²) in [7, 11) is 0. The van der Waals surface area contributed by atoms with E-state index in [1.807, 2.05) is 12.3 Å². The number of pyridine rings is 1. The first-order valence-corrected chi connectivity index (χ1v) is 7.54. The van der Waals surface area contributed by atoms with Crippen LogP contribution in [-0.4, -0.2) is 11.5 Å². The maximum Gasteiger partial charge on any atom is 0.0705 e. The summed E-state index contributed by atoms with van der Waals surface area (Å²) in [6.45, 7) is 10.2. The van der Waals surface area contributed by atoms with Gasteiger partial charge in [0, 0.05) is 17.6 Å². The zero-order chi connectivity index (χ0) is 14.6. The quantitative estimate of drug-likeness (QED) is 0.796. The molecule has 1 aromatic carbocycles. The summed E-state index contributed by atoms with van der Waals surface area (Å²) in [6.07, 6.45) is 4.33. The van der Waals surface area contributed by atoms with Crippen molar-refractivity contribution in [3.8, 4) is 0 Å². The van der Waals surface area contributed by atoms with E-state index in [4.69, 9.17) is 0 Å². The van der Waals surface area contributed by atoms with E-state index in [0.717, 1.165) is 12.1 Å². The molecule has 0 radical (unpaired) electrons. The maximum atomic E-state index is 4.43. The van der Waals surface area contributed by atoms with Gasteiger partial charge in [-0.3, -0.25) is 4.98 Å². The molecule has 2 aromatic rings. The number of rotatable bonds is 5. The number of nitrogens with one attached hydrogen (secondary N) is 1. The van der Waals surface area contributed by atoms with Crippen LogP contribution in [0, 0.1) is 5.41 Å². The maximum absolute atomic E-state index is 4.43. The number of fused-ring (bicyclic) bond motifs is 1. The molecule has 2 nitrogen and oxygen atoms in total. The number of hydrogen-bond donors (Lipinski definition) is 1. The minimum atomic E-state index is 0.364. The third kappa shape index (κ3) is 4.04. The first kappa shape index (κ1) is 15.0. The Bertz CT molecular complexity index is 549. The third-order valence-corrected chi connectivity index (χ3v) is 3.70. The molecule has 0 amide bonds. The Morgan fingerprint density at radius 2 is 1.95 bits per heavy atom. The summed E-state index contributed by atoms with van der Waals surface area (Å²) in [5.41, 5.74) is 2.84. The van der Waals surface area contributed by atoms with Gasteiger partial charge in [-0.2, -0.15) is 0 Å². The van der Waals surface area contributed by atoms with Gasteiger partial charge in [-0.25, -0.2) is 0 Å². The molecule has 1 atom stereocenters. The van der Waals surface area contributed by atoms with Crippen molar-refractivity contribution in [1.29, 1.82) is 0 Å². The van der Waals surface area contributed by atoms with Crippen LogP contribution in [0.25, 0.3) is 10.9 Å². The molecule has 0 saturated heterocycles. The highest BCUT2D eigenvalue weighted by Crippen LogP contribution is 2.23. The summed E-state index contributed by atoms with van der Waals surface area (Å²) in [6, 6.07) is 10.9. The van der Waals surface area contributed by atoms with Gasteiger partial charge in [-0.05, 0) is 49.4 Å². The van der Waals surface area contributed by atoms with E-state index in [0.29, 0.717) is 11.5 Å². The molecule has 108 valence electrons. The van der Waals surface area contributed by atoms with Crippen molar-refractivity contribution in [2.45, 2.75) is 46.6 Å². The molecule has 0 aliphatic rings. The first-order chi connectivity index (χ1) is 9.47. The van der Waals surface area contributed by atoms with Gasteiger partial charge in [-0.15, -0.1) is 0 Å². The van der Waals surface area contributed by atoms with Gasteiger partial charge in [0.1, 0.15) is 0 Å². The van der Waals surface area contributed by atoms with E-state index in [1.54, 1.807) is 0 Å². The summed E-state index contributed by atoms with van der Waals surface area (Å²) in [4.78, 5) is 4.43. The highest BCUT2D eigenvalue weighted by atomic mass is 14.9. The highest BCUT2D eigenvalue weighted by Gasteiger charge is 2.11. The lowest BCUT2D eigenvalue weighted by atomic mass is 9.90. The summed E-state index contributed by atoms with van der Waals surface area (Å²) in [5, 5.41) is 4.89. The molecule has 1 unspecified atom stereocenters. The number of aromatic nitrogens is 1. The van der Waals surface area contributed by atoms with Crippen molar-refractivity contribution in [2.75, 3.05) is 6.54 Å². The summed E-state index contributed by atoms with van der Waals surface area (Å²) >= 11 is 0. The molecule has 0 saturated carbocycles. The van der Waals surface area contributed by atoms with Gasteiger partial charge in [0.25, 0.3) is 0 Å².